The Balaban J connectivity index is 2.11. The molecule has 1 aliphatic rings. The fraction of sp³-hybridized carbons (Fsp3) is 0.360. The van der Waals surface area contributed by atoms with Crippen LogP contribution >= 0.6 is 0 Å². The summed E-state index contributed by atoms with van der Waals surface area (Å²) in [6, 6.07) is 4.69. The number of benzene rings is 1. The van der Waals surface area contributed by atoms with E-state index in [1.807, 2.05) is 13.0 Å². The first-order valence-electron chi connectivity index (χ1n) is 10.7. The second kappa shape index (κ2) is 13.3. The molecule has 1 amide bonds. The monoisotopic (exact) mass is 441 g/mol. The number of ether oxygens (including phenoxy) is 1. The van der Waals surface area contributed by atoms with E-state index in [0.717, 1.165) is 6.42 Å². The Morgan fingerprint density at radius 3 is 2.78 bits per heavy atom. The first-order valence-corrected chi connectivity index (χ1v) is 10.7. The van der Waals surface area contributed by atoms with E-state index in [2.05, 4.69) is 5.32 Å². The van der Waals surface area contributed by atoms with Crippen molar-refractivity contribution in [3.8, 4) is 5.75 Å². The predicted molar refractivity (Wildman–Crippen MR) is 123 cm³/mol. The number of amides is 1. The number of hydrogen-bond acceptors (Lipinski definition) is 6. The number of aromatic hydroxyl groups is 1. The average molecular weight is 442 g/mol. The molecule has 4 N–H and O–H groups in total. The SMILES string of the molecule is CC/C=C/C=C\C(=O)N/C=C/CC1C[C@H](O)C[C@@H](O)C/C=C/c2cccc(O)c2C(=O)O1. The normalized spacial score (nSPS) is 23.5. The minimum atomic E-state index is -0.879. The fourth-order valence-corrected chi connectivity index (χ4v) is 3.25. The highest BCUT2D eigenvalue weighted by atomic mass is 16.5. The van der Waals surface area contributed by atoms with Gasteiger partial charge in [-0.25, -0.2) is 4.79 Å². The summed E-state index contributed by atoms with van der Waals surface area (Å²) in [6.45, 7) is 2.00. The lowest BCUT2D eigenvalue weighted by atomic mass is 9.99. The molecule has 0 spiro atoms. The molecule has 7 nitrogen and oxygen atoms in total. The number of carbonyl (C=O) groups excluding carboxylic acids is 2. The summed E-state index contributed by atoms with van der Waals surface area (Å²) < 4.78 is 5.57. The third kappa shape index (κ3) is 8.53. The zero-order valence-electron chi connectivity index (χ0n) is 18.2. The quantitative estimate of drug-likeness (QED) is 0.306. The lowest BCUT2D eigenvalue weighted by Gasteiger charge is -2.22. The van der Waals surface area contributed by atoms with E-state index in [1.165, 1.54) is 18.3 Å². The van der Waals surface area contributed by atoms with Gasteiger partial charge in [0.15, 0.2) is 0 Å². The Bertz CT molecular complexity index is 886. The van der Waals surface area contributed by atoms with Crippen molar-refractivity contribution < 1.29 is 29.6 Å². The summed E-state index contributed by atoms with van der Waals surface area (Å²) in [4.78, 5) is 24.5. The minimum absolute atomic E-state index is 0.0286. The second-order valence-corrected chi connectivity index (χ2v) is 7.53. The Labute approximate surface area is 188 Å². The van der Waals surface area contributed by atoms with Crippen molar-refractivity contribution in [1.82, 2.24) is 5.32 Å². The van der Waals surface area contributed by atoms with Crippen molar-refractivity contribution in [3.05, 3.63) is 72.0 Å². The number of nitrogens with one attached hydrogen (secondary N) is 1. The van der Waals surface area contributed by atoms with Crippen molar-refractivity contribution in [1.29, 1.82) is 0 Å². The highest BCUT2D eigenvalue weighted by molar-refractivity contribution is 5.96. The molecule has 1 aliphatic heterocycles. The summed E-state index contributed by atoms with van der Waals surface area (Å²) in [7, 11) is 0. The van der Waals surface area contributed by atoms with Gasteiger partial charge in [0.05, 0.1) is 12.2 Å². The summed E-state index contributed by atoms with van der Waals surface area (Å²) in [6.07, 6.45) is 12.5. The van der Waals surface area contributed by atoms with Crippen molar-refractivity contribution in [2.45, 2.75) is 57.3 Å². The van der Waals surface area contributed by atoms with Gasteiger partial charge in [0, 0.05) is 25.1 Å². The Morgan fingerprint density at radius 2 is 2.00 bits per heavy atom. The molecule has 0 saturated heterocycles. The number of aliphatic hydroxyl groups is 2. The van der Waals surface area contributed by atoms with Crippen LogP contribution in [0.3, 0.4) is 0 Å². The second-order valence-electron chi connectivity index (χ2n) is 7.53. The van der Waals surface area contributed by atoms with E-state index in [4.69, 9.17) is 4.74 Å². The van der Waals surface area contributed by atoms with Gasteiger partial charge in [0.2, 0.25) is 5.91 Å². The van der Waals surface area contributed by atoms with Crippen LogP contribution in [0.25, 0.3) is 6.08 Å². The number of hydrogen-bond donors (Lipinski definition) is 4. The topological polar surface area (TPSA) is 116 Å². The third-order valence-electron chi connectivity index (χ3n) is 4.81. The zero-order valence-corrected chi connectivity index (χ0v) is 18.2. The number of esters is 1. The van der Waals surface area contributed by atoms with Crippen LogP contribution < -0.4 is 5.32 Å². The van der Waals surface area contributed by atoms with Crippen molar-refractivity contribution in [3.63, 3.8) is 0 Å². The van der Waals surface area contributed by atoms with E-state index >= 15 is 0 Å². The van der Waals surface area contributed by atoms with Crippen molar-refractivity contribution >= 4 is 18.0 Å². The number of phenols is 1. The van der Waals surface area contributed by atoms with Crippen LogP contribution in [0, 0.1) is 0 Å². The van der Waals surface area contributed by atoms with Crippen LogP contribution in [0.15, 0.2) is 60.9 Å². The molecule has 0 bridgehead atoms. The molecule has 0 radical (unpaired) electrons. The standard InChI is InChI=1S/C25H31NO6/c1-2-3-4-5-14-23(30)26-15-8-12-21-17-20(28)16-19(27)11-6-9-18-10-7-13-22(29)24(18)25(31)32-21/h3-10,13-15,19-21,27-29H,2,11-12,16-17H2,1H3,(H,26,30)/b4-3+,9-6+,14-5-,15-8+/t19-,20+,21?/m0/s1. The van der Waals surface area contributed by atoms with Gasteiger partial charge in [0.1, 0.15) is 17.4 Å². The number of phenolic OH excluding ortho intramolecular Hbond substituents is 1. The summed E-state index contributed by atoms with van der Waals surface area (Å²) >= 11 is 0. The van der Waals surface area contributed by atoms with Crippen LogP contribution in [0.1, 0.15) is 54.9 Å². The molecule has 1 aromatic carbocycles. The molecule has 0 fully saturated rings. The lowest BCUT2D eigenvalue weighted by molar-refractivity contribution is -0.115. The fourth-order valence-electron chi connectivity index (χ4n) is 3.25. The van der Waals surface area contributed by atoms with Crippen LogP contribution in [0.5, 0.6) is 5.75 Å². The molecule has 2 rings (SSSR count). The highest BCUT2D eigenvalue weighted by Gasteiger charge is 2.24. The highest BCUT2D eigenvalue weighted by Crippen LogP contribution is 2.26. The zero-order chi connectivity index (χ0) is 23.3. The van der Waals surface area contributed by atoms with Gasteiger partial charge in [-0.15, -0.1) is 0 Å². The molecule has 0 aromatic heterocycles. The van der Waals surface area contributed by atoms with Crippen LogP contribution in [0.4, 0.5) is 0 Å². The van der Waals surface area contributed by atoms with Gasteiger partial charge in [-0.1, -0.05) is 55.5 Å². The predicted octanol–water partition coefficient (Wildman–Crippen LogP) is 3.38. The van der Waals surface area contributed by atoms with E-state index in [9.17, 15) is 24.9 Å². The van der Waals surface area contributed by atoms with Gasteiger partial charge < -0.3 is 25.4 Å². The summed E-state index contributed by atoms with van der Waals surface area (Å²) in [5.41, 5.74) is 0.509. The molecule has 0 saturated carbocycles. The third-order valence-corrected chi connectivity index (χ3v) is 4.81. The largest absolute Gasteiger partial charge is 0.507 e. The molecule has 0 aliphatic carbocycles. The summed E-state index contributed by atoms with van der Waals surface area (Å²) in [5, 5.41) is 33.2. The number of fused-ring (bicyclic) bond motifs is 1. The molecular formula is C25H31NO6. The lowest BCUT2D eigenvalue weighted by Crippen LogP contribution is -2.27. The van der Waals surface area contributed by atoms with Gasteiger partial charge in [-0.2, -0.15) is 0 Å². The van der Waals surface area contributed by atoms with Gasteiger partial charge in [-0.3, -0.25) is 4.79 Å². The molecule has 32 heavy (non-hydrogen) atoms. The molecule has 172 valence electrons. The maximum absolute atomic E-state index is 12.8. The van der Waals surface area contributed by atoms with Gasteiger partial charge >= 0.3 is 5.97 Å². The molecule has 7 heteroatoms. The van der Waals surface area contributed by atoms with E-state index in [0.29, 0.717) is 12.0 Å². The first-order chi connectivity index (χ1) is 15.4. The number of allylic oxidation sites excluding steroid dienone is 3. The molecule has 1 unspecified atom stereocenters. The smallest absolute Gasteiger partial charge is 0.342 e. The van der Waals surface area contributed by atoms with E-state index in [-0.39, 0.29) is 36.5 Å². The maximum atomic E-state index is 12.8. The van der Waals surface area contributed by atoms with Crippen LogP contribution in [-0.4, -0.2) is 45.5 Å². The van der Waals surface area contributed by atoms with Crippen LogP contribution in [-0.2, 0) is 9.53 Å². The Kier molecular flexibility index (Phi) is 10.4. The van der Waals surface area contributed by atoms with Crippen molar-refractivity contribution in [2.24, 2.45) is 0 Å². The first kappa shape index (κ1) is 25.1. The van der Waals surface area contributed by atoms with E-state index < -0.39 is 24.3 Å². The Hall–Kier alpha value is -3.16. The average Bonchev–Trinajstić information content (AvgIpc) is 2.73. The molecule has 1 aromatic rings. The van der Waals surface area contributed by atoms with Crippen molar-refractivity contribution in [2.75, 3.05) is 0 Å². The number of rotatable bonds is 6. The van der Waals surface area contributed by atoms with E-state index in [1.54, 1.807) is 42.5 Å². The van der Waals surface area contributed by atoms with Crippen LogP contribution in [0.2, 0.25) is 0 Å². The minimum Gasteiger partial charge on any atom is -0.507 e. The number of cyclic esters (lactones) is 1. The molecule has 1 heterocycles. The number of carbonyl (C=O) groups is 2. The Morgan fingerprint density at radius 1 is 1.19 bits per heavy atom. The maximum Gasteiger partial charge on any atom is 0.342 e. The number of aliphatic hydroxyl groups excluding tert-OH is 2. The van der Waals surface area contributed by atoms with Gasteiger partial charge in [0.25, 0.3) is 0 Å². The molecular weight excluding hydrogens is 410 g/mol. The molecule has 3 atom stereocenters. The van der Waals surface area contributed by atoms with Gasteiger partial charge in [-0.05, 0) is 30.9 Å². The summed E-state index contributed by atoms with van der Waals surface area (Å²) in [5.74, 6) is -1.21.